The lowest BCUT2D eigenvalue weighted by Crippen LogP contribution is -2.24. The zero-order valence-corrected chi connectivity index (χ0v) is 19.5. The second-order valence-electron chi connectivity index (χ2n) is 6.98. The van der Waals surface area contributed by atoms with E-state index in [4.69, 9.17) is 32.7 Å². The quantitative estimate of drug-likeness (QED) is 0.494. The van der Waals surface area contributed by atoms with Gasteiger partial charge in [0.15, 0.2) is 0 Å². The maximum absolute atomic E-state index is 13.3. The number of ether oxygens (including phenoxy) is 2. The zero-order chi connectivity index (χ0) is 23.2. The van der Waals surface area contributed by atoms with Crippen molar-refractivity contribution in [1.29, 1.82) is 0 Å². The van der Waals surface area contributed by atoms with E-state index >= 15 is 0 Å². The zero-order valence-electron chi connectivity index (χ0n) is 17.2. The maximum Gasteiger partial charge on any atom is 0.277 e. The third-order valence-electron chi connectivity index (χ3n) is 4.95. The van der Waals surface area contributed by atoms with Crippen LogP contribution in [0.5, 0.6) is 11.5 Å². The largest absolute Gasteiger partial charge is 0.495 e. The summed E-state index contributed by atoms with van der Waals surface area (Å²) in [6.07, 6.45) is 0.972. The number of nitrogens with zero attached hydrogens (tertiary/aromatic N) is 3. The molecule has 0 bridgehead atoms. The highest BCUT2D eigenvalue weighted by atomic mass is 35.5. The fraction of sp³-hybridized carbons (Fsp3) is 0.190. The van der Waals surface area contributed by atoms with Crippen LogP contribution in [0.4, 0.5) is 5.69 Å². The summed E-state index contributed by atoms with van der Waals surface area (Å²) in [5.74, 6) is 0.332. The van der Waals surface area contributed by atoms with Gasteiger partial charge in [-0.2, -0.15) is 0 Å². The highest BCUT2D eigenvalue weighted by Crippen LogP contribution is 2.41. The number of aromatic nitrogens is 2. The van der Waals surface area contributed by atoms with Crippen LogP contribution in [-0.4, -0.2) is 44.8 Å². The van der Waals surface area contributed by atoms with E-state index in [1.54, 1.807) is 30.3 Å². The number of amides is 1. The van der Waals surface area contributed by atoms with Gasteiger partial charge in [0.2, 0.25) is 15.0 Å². The number of hydrogen-bond acceptors (Lipinski definition) is 7. The molecule has 0 saturated carbocycles. The molecule has 1 aromatic heterocycles. The summed E-state index contributed by atoms with van der Waals surface area (Å²) in [6.45, 7) is 0.0924. The van der Waals surface area contributed by atoms with Crippen LogP contribution in [0.3, 0.4) is 0 Å². The molecular formula is C21H17Cl2N3O5S. The minimum Gasteiger partial charge on any atom is -0.495 e. The smallest absolute Gasteiger partial charge is 0.277 e. The van der Waals surface area contributed by atoms with Crippen molar-refractivity contribution in [2.75, 3.05) is 25.4 Å². The molecule has 0 atom stereocenters. The number of fused-ring (bicyclic) bond motifs is 1. The molecule has 0 saturated heterocycles. The average molecular weight is 494 g/mol. The SMILES string of the molecule is COc1cc(-c2nc(S(C)(=O)=O)nc3c2CN(c2ccccc2OC)C3=O)c(Cl)cc1Cl. The fourth-order valence-electron chi connectivity index (χ4n) is 3.45. The van der Waals surface area contributed by atoms with Crippen LogP contribution in [0.25, 0.3) is 11.3 Å². The van der Waals surface area contributed by atoms with E-state index in [1.807, 2.05) is 0 Å². The first-order valence-corrected chi connectivity index (χ1v) is 11.9. The summed E-state index contributed by atoms with van der Waals surface area (Å²) in [5.41, 5.74) is 1.50. The van der Waals surface area contributed by atoms with Gasteiger partial charge in [-0.25, -0.2) is 18.4 Å². The van der Waals surface area contributed by atoms with Crippen LogP contribution in [0.2, 0.25) is 10.0 Å². The molecule has 166 valence electrons. The Morgan fingerprint density at radius 1 is 0.969 bits per heavy atom. The Morgan fingerprint density at radius 3 is 2.28 bits per heavy atom. The van der Waals surface area contributed by atoms with E-state index in [1.165, 1.54) is 25.2 Å². The van der Waals surface area contributed by atoms with Crippen molar-refractivity contribution in [2.45, 2.75) is 11.7 Å². The number of rotatable bonds is 5. The number of halogens is 2. The van der Waals surface area contributed by atoms with Crippen molar-refractivity contribution in [2.24, 2.45) is 0 Å². The summed E-state index contributed by atoms with van der Waals surface area (Å²) >= 11 is 12.6. The number of carbonyl (C=O) groups is 1. The van der Waals surface area contributed by atoms with Crippen LogP contribution in [0.1, 0.15) is 16.1 Å². The van der Waals surface area contributed by atoms with Crippen LogP contribution in [0.15, 0.2) is 41.6 Å². The minimum atomic E-state index is -3.83. The van der Waals surface area contributed by atoms with Crippen LogP contribution >= 0.6 is 23.2 Å². The van der Waals surface area contributed by atoms with E-state index in [-0.39, 0.29) is 28.0 Å². The van der Waals surface area contributed by atoms with E-state index in [9.17, 15) is 13.2 Å². The first-order valence-electron chi connectivity index (χ1n) is 9.25. The monoisotopic (exact) mass is 493 g/mol. The Balaban J connectivity index is 1.97. The molecule has 0 fully saturated rings. The molecule has 1 amide bonds. The molecule has 3 aromatic rings. The van der Waals surface area contributed by atoms with Crippen molar-refractivity contribution in [3.63, 3.8) is 0 Å². The fourth-order valence-corrected chi connectivity index (χ4v) is 4.51. The normalized spacial score (nSPS) is 13.3. The topological polar surface area (TPSA) is 98.7 Å². The van der Waals surface area contributed by atoms with E-state index < -0.39 is 20.9 Å². The van der Waals surface area contributed by atoms with Crippen molar-refractivity contribution in [1.82, 2.24) is 9.97 Å². The van der Waals surface area contributed by atoms with Gasteiger partial charge in [0, 0.05) is 17.4 Å². The van der Waals surface area contributed by atoms with Gasteiger partial charge in [0.1, 0.15) is 17.2 Å². The molecule has 1 aliphatic heterocycles. The number of para-hydroxylation sites is 2. The third-order valence-corrected chi connectivity index (χ3v) is 6.41. The summed E-state index contributed by atoms with van der Waals surface area (Å²) in [5, 5.41) is 0.0211. The highest BCUT2D eigenvalue weighted by molar-refractivity contribution is 7.90. The van der Waals surface area contributed by atoms with Gasteiger partial charge in [-0.3, -0.25) is 9.69 Å². The van der Waals surface area contributed by atoms with Crippen molar-refractivity contribution >= 4 is 44.6 Å². The molecule has 0 radical (unpaired) electrons. The average Bonchev–Trinajstić information content (AvgIpc) is 3.09. The second kappa shape index (κ2) is 8.23. The maximum atomic E-state index is 13.3. The first-order chi connectivity index (χ1) is 15.2. The number of anilines is 1. The molecule has 11 heteroatoms. The van der Waals surface area contributed by atoms with Gasteiger partial charge in [-0.05, 0) is 24.3 Å². The number of methoxy groups -OCH3 is 2. The predicted molar refractivity (Wildman–Crippen MR) is 121 cm³/mol. The second-order valence-corrected chi connectivity index (χ2v) is 9.71. The molecular weight excluding hydrogens is 477 g/mol. The molecule has 0 unspecified atom stereocenters. The molecule has 4 rings (SSSR count). The number of carbonyl (C=O) groups excluding carboxylic acids is 1. The Hall–Kier alpha value is -2.88. The summed E-state index contributed by atoms with van der Waals surface area (Å²) in [4.78, 5) is 23.1. The highest BCUT2D eigenvalue weighted by Gasteiger charge is 2.36. The molecule has 2 heterocycles. The van der Waals surface area contributed by atoms with Gasteiger partial charge in [0.05, 0.1) is 42.2 Å². The summed E-state index contributed by atoms with van der Waals surface area (Å²) < 4.78 is 35.2. The van der Waals surface area contributed by atoms with Gasteiger partial charge < -0.3 is 9.47 Å². The molecule has 0 aliphatic carbocycles. The Morgan fingerprint density at radius 2 is 1.62 bits per heavy atom. The van der Waals surface area contributed by atoms with Crippen molar-refractivity contribution < 1.29 is 22.7 Å². The molecule has 1 aliphatic rings. The standard InChI is InChI=1S/C21H17Cl2N3O5S/c1-30-16-7-5-4-6-15(16)26-10-12-18(11-8-17(31-2)14(23)9-13(11)22)24-21(32(3,28)29)25-19(12)20(26)27/h4-9H,10H2,1-3H3. The Kier molecular flexibility index (Phi) is 5.74. The summed E-state index contributed by atoms with van der Waals surface area (Å²) in [6, 6.07) is 10.0. The molecule has 2 aromatic carbocycles. The third kappa shape index (κ3) is 3.76. The van der Waals surface area contributed by atoms with Crippen LogP contribution in [-0.2, 0) is 16.4 Å². The lowest BCUT2D eigenvalue weighted by atomic mass is 10.1. The predicted octanol–water partition coefficient (Wildman–Crippen LogP) is 4.03. The molecule has 8 nitrogen and oxygen atoms in total. The number of benzene rings is 2. The minimum absolute atomic E-state index is 0.0219. The van der Waals surface area contributed by atoms with Crippen molar-refractivity contribution in [3.05, 3.63) is 57.7 Å². The molecule has 0 spiro atoms. The van der Waals surface area contributed by atoms with E-state index in [0.29, 0.717) is 28.3 Å². The van der Waals surface area contributed by atoms with Gasteiger partial charge in [0.25, 0.3) is 5.91 Å². The lowest BCUT2D eigenvalue weighted by molar-refractivity contribution is 0.0991. The molecule has 0 N–H and O–H groups in total. The van der Waals surface area contributed by atoms with Gasteiger partial charge in [-0.15, -0.1) is 0 Å². The lowest BCUT2D eigenvalue weighted by Gasteiger charge is -2.18. The van der Waals surface area contributed by atoms with E-state index in [0.717, 1.165) is 6.26 Å². The Bertz CT molecular complexity index is 1360. The van der Waals surface area contributed by atoms with Crippen molar-refractivity contribution in [3.8, 4) is 22.8 Å². The first kappa shape index (κ1) is 22.3. The van der Waals surface area contributed by atoms with Gasteiger partial charge >= 0.3 is 0 Å². The summed E-state index contributed by atoms with van der Waals surface area (Å²) in [7, 11) is -0.886. The van der Waals surface area contributed by atoms with E-state index in [2.05, 4.69) is 9.97 Å². The van der Waals surface area contributed by atoms with Gasteiger partial charge in [-0.1, -0.05) is 35.3 Å². The molecule has 32 heavy (non-hydrogen) atoms. The number of hydrogen-bond donors (Lipinski definition) is 0. The van der Waals surface area contributed by atoms with Crippen LogP contribution in [0, 0.1) is 0 Å². The van der Waals surface area contributed by atoms with Crippen LogP contribution < -0.4 is 14.4 Å². The number of sulfone groups is 1. The Labute approximate surface area is 194 Å².